The highest BCUT2D eigenvalue weighted by molar-refractivity contribution is 5.77. The average molecular weight is 292 g/mol. The third kappa shape index (κ3) is 3.95. The van der Waals surface area contributed by atoms with Gasteiger partial charge in [-0.1, -0.05) is 30.3 Å². The quantitative estimate of drug-likeness (QED) is 0.848. The van der Waals surface area contributed by atoms with Crippen molar-refractivity contribution in [2.24, 2.45) is 5.92 Å². The smallest absolute Gasteiger partial charge is 0.320 e. The van der Waals surface area contributed by atoms with E-state index in [0.717, 1.165) is 5.56 Å². The molecule has 0 radical (unpaired) electrons. The number of amides is 2. The Kier molecular flexibility index (Phi) is 5.16. The molecule has 1 saturated heterocycles. The number of urea groups is 1. The van der Waals surface area contributed by atoms with Crippen molar-refractivity contribution in [3.63, 3.8) is 0 Å². The van der Waals surface area contributed by atoms with Gasteiger partial charge in [-0.25, -0.2) is 4.79 Å². The lowest BCUT2D eigenvalue weighted by Gasteiger charge is -2.27. The van der Waals surface area contributed by atoms with E-state index in [0.29, 0.717) is 19.5 Å². The lowest BCUT2D eigenvalue weighted by atomic mass is 10.1. The number of aliphatic carboxylic acids is 1. The molecule has 1 fully saturated rings. The number of carboxylic acid groups (broad SMARTS) is 1. The molecule has 0 spiro atoms. The van der Waals surface area contributed by atoms with Gasteiger partial charge < -0.3 is 20.0 Å². The molecule has 6 nitrogen and oxygen atoms in total. The molecule has 6 heteroatoms. The van der Waals surface area contributed by atoms with Crippen molar-refractivity contribution in [2.45, 2.75) is 13.0 Å². The van der Waals surface area contributed by atoms with E-state index in [1.165, 1.54) is 0 Å². The Bertz CT molecular complexity index is 492. The highest BCUT2D eigenvalue weighted by Crippen LogP contribution is 2.18. The lowest BCUT2D eigenvalue weighted by molar-refractivity contribution is -0.141. The van der Waals surface area contributed by atoms with Crippen LogP contribution in [0.2, 0.25) is 0 Å². The zero-order valence-corrected chi connectivity index (χ0v) is 11.8. The molecule has 1 aromatic carbocycles. The summed E-state index contributed by atoms with van der Waals surface area (Å²) in [6.45, 7) is 1.22. The van der Waals surface area contributed by atoms with E-state index in [4.69, 9.17) is 10.2 Å². The number of carboxylic acids is 1. The first-order valence-corrected chi connectivity index (χ1v) is 7.03. The van der Waals surface area contributed by atoms with Crippen LogP contribution in [-0.4, -0.2) is 58.3 Å². The summed E-state index contributed by atoms with van der Waals surface area (Å²) in [7, 11) is 0. The Hall–Kier alpha value is -2.08. The Morgan fingerprint density at radius 2 is 2.00 bits per heavy atom. The maximum atomic E-state index is 12.5. The fraction of sp³-hybridized carbons (Fsp3) is 0.467. The molecule has 1 aliphatic heterocycles. The van der Waals surface area contributed by atoms with Gasteiger partial charge in [-0.3, -0.25) is 4.79 Å². The normalized spacial score (nSPS) is 17.8. The highest BCUT2D eigenvalue weighted by Gasteiger charge is 2.32. The summed E-state index contributed by atoms with van der Waals surface area (Å²) < 4.78 is 0. The molecule has 21 heavy (non-hydrogen) atoms. The van der Waals surface area contributed by atoms with Crippen LogP contribution in [0.4, 0.5) is 4.79 Å². The molecule has 2 amide bonds. The van der Waals surface area contributed by atoms with Gasteiger partial charge in [-0.05, 0) is 12.0 Å². The molecule has 2 N–H and O–H groups in total. The van der Waals surface area contributed by atoms with Crippen molar-refractivity contribution in [3.05, 3.63) is 35.9 Å². The van der Waals surface area contributed by atoms with E-state index in [-0.39, 0.29) is 25.7 Å². The van der Waals surface area contributed by atoms with E-state index in [9.17, 15) is 9.59 Å². The Labute approximate surface area is 123 Å². The molecule has 0 bridgehead atoms. The number of likely N-dealkylation sites (tertiary alicyclic amines) is 1. The molecular weight excluding hydrogens is 272 g/mol. The summed E-state index contributed by atoms with van der Waals surface area (Å²) in [5, 5.41) is 18.1. The van der Waals surface area contributed by atoms with Crippen LogP contribution in [0, 0.1) is 5.92 Å². The van der Waals surface area contributed by atoms with Crippen molar-refractivity contribution in [1.82, 2.24) is 9.80 Å². The number of carbonyl (C=O) groups excluding carboxylic acids is 1. The number of benzene rings is 1. The number of carbonyl (C=O) groups is 2. The summed E-state index contributed by atoms with van der Waals surface area (Å²) in [4.78, 5) is 26.5. The lowest BCUT2D eigenvalue weighted by Crippen LogP contribution is -2.43. The standard InChI is InChI=1S/C15H20N2O4/c18-9-8-17(10-12-4-2-1-3-5-12)15(21)16-7-6-13(11-16)14(19)20/h1-5,13,18H,6-11H2,(H,19,20). The molecule has 114 valence electrons. The molecule has 1 unspecified atom stereocenters. The van der Waals surface area contributed by atoms with Crippen molar-refractivity contribution in [3.8, 4) is 0 Å². The van der Waals surface area contributed by atoms with Crippen LogP contribution in [0.1, 0.15) is 12.0 Å². The van der Waals surface area contributed by atoms with E-state index in [2.05, 4.69) is 0 Å². The first-order chi connectivity index (χ1) is 10.1. The van der Waals surface area contributed by atoms with Gasteiger partial charge in [-0.15, -0.1) is 0 Å². The molecule has 1 atom stereocenters. The SMILES string of the molecule is O=C(O)C1CCN(C(=O)N(CCO)Cc2ccccc2)C1. The molecule has 1 aromatic rings. The number of hydrogen-bond donors (Lipinski definition) is 2. The molecule has 1 heterocycles. The van der Waals surface area contributed by atoms with Crippen LogP contribution in [0.5, 0.6) is 0 Å². The van der Waals surface area contributed by atoms with Gasteiger partial charge in [0, 0.05) is 26.2 Å². The Morgan fingerprint density at radius 3 is 2.57 bits per heavy atom. The van der Waals surface area contributed by atoms with Gasteiger partial charge in [0.15, 0.2) is 0 Å². The van der Waals surface area contributed by atoms with E-state index < -0.39 is 11.9 Å². The Balaban J connectivity index is 2.01. The maximum Gasteiger partial charge on any atom is 0.320 e. The van der Waals surface area contributed by atoms with Crippen LogP contribution in [0.25, 0.3) is 0 Å². The second kappa shape index (κ2) is 7.08. The molecule has 2 rings (SSSR count). The maximum absolute atomic E-state index is 12.5. The predicted octanol–water partition coefficient (Wildman–Crippen LogP) is 1.01. The van der Waals surface area contributed by atoms with Gasteiger partial charge in [0.25, 0.3) is 0 Å². The zero-order valence-electron chi connectivity index (χ0n) is 11.8. The largest absolute Gasteiger partial charge is 0.481 e. The third-order valence-electron chi connectivity index (χ3n) is 3.66. The molecule has 0 saturated carbocycles. The minimum absolute atomic E-state index is 0.116. The van der Waals surface area contributed by atoms with Gasteiger partial charge in [0.1, 0.15) is 0 Å². The molecule has 0 aliphatic carbocycles. The monoisotopic (exact) mass is 292 g/mol. The van der Waals surface area contributed by atoms with Crippen molar-refractivity contribution < 1.29 is 19.8 Å². The molecule has 1 aliphatic rings. The van der Waals surface area contributed by atoms with Crippen molar-refractivity contribution >= 4 is 12.0 Å². The topological polar surface area (TPSA) is 81.1 Å². The predicted molar refractivity (Wildman–Crippen MR) is 76.6 cm³/mol. The van der Waals surface area contributed by atoms with Crippen LogP contribution < -0.4 is 0 Å². The third-order valence-corrected chi connectivity index (χ3v) is 3.66. The molecular formula is C15H20N2O4. The summed E-state index contributed by atoms with van der Waals surface area (Å²) in [5.74, 6) is -1.34. The van der Waals surface area contributed by atoms with Gasteiger partial charge in [-0.2, -0.15) is 0 Å². The Morgan fingerprint density at radius 1 is 1.29 bits per heavy atom. The second-order valence-electron chi connectivity index (χ2n) is 5.18. The first-order valence-electron chi connectivity index (χ1n) is 7.03. The second-order valence-corrected chi connectivity index (χ2v) is 5.18. The van der Waals surface area contributed by atoms with Crippen LogP contribution in [-0.2, 0) is 11.3 Å². The number of hydrogen-bond acceptors (Lipinski definition) is 3. The number of nitrogens with zero attached hydrogens (tertiary/aromatic N) is 2. The summed E-state index contributed by atoms with van der Waals surface area (Å²) in [6.07, 6.45) is 0.485. The summed E-state index contributed by atoms with van der Waals surface area (Å²) >= 11 is 0. The van der Waals surface area contributed by atoms with Gasteiger partial charge in [0.2, 0.25) is 0 Å². The van der Waals surface area contributed by atoms with E-state index >= 15 is 0 Å². The van der Waals surface area contributed by atoms with Gasteiger partial charge in [0.05, 0.1) is 12.5 Å². The fourth-order valence-corrected chi connectivity index (χ4v) is 2.50. The van der Waals surface area contributed by atoms with Crippen molar-refractivity contribution in [1.29, 1.82) is 0 Å². The zero-order chi connectivity index (χ0) is 15.2. The number of aliphatic hydroxyl groups is 1. The first kappa shape index (κ1) is 15.3. The summed E-state index contributed by atoms with van der Waals surface area (Å²) in [6, 6.07) is 9.32. The van der Waals surface area contributed by atoms with Gasteiger partial charge >= 0.3 is 12.0 Å². The fourth-order valence-electron chi connectivity index (χ4n) is 2.50. The molecule has 0 aromatic heterocycles. The van der Waals surface area contributed by atoms with E-state index in [1.807, 2.05) is 30.3 Å². The minimum Gasteiger partial charge on any atom is -0.481 e. The van der Waals surface area contributed by atoms with Crippen molar-refractivity contribution in [2.75, 3.05) is 26.2 Å². The highest BCUT2D eigenvalue weighted by atomic mass is 16.4. The van der Waals surface area contributed by atoms with Crippen LogP contribution in [0.15, 0.2) is 30.3 Å². The van der Waals surface area contributed by atoms with Crippen LogP contribution in [0.3, 0.4) is 0 Å². The minimum atomic E-state index is -0.859. The number of aliphatic hydroxyl groups excluding tert-OH is 1. The summed E-state index contributed by atoms with van der Waals surface area (Å²) in [5.41, 5.74) is 0.980. The average Bonchev–Trinajstić information content (AvgIpc) is 2.97. The van der Waals surface area contributed by atoms with E-state index in [1.54, 1.807) is 9.80 Å². The van der Waals surface area contributed by atoms with Crippen LogP contribution >= 0.6 is 0 Å². The number of rotatable bonds is 5.